The molecule has 0 unspecified atom stereocenters. The Kier molecular flexibility index (Phi) is 4.24. The largest absolute Gasteiger partial charge is 0.505 e. The molecule has 0 saturated heterocycles. The number of phenolic OH excluding ortho intramolecular Hbond substituents is 1. The minimum absolute atomic E-state index is 0.0295. The van der Waals surface area contributed by atoms with Gasteiger partial charge in [-0.15, -0.1) is 5.11 Å². The zero-order chi connectivity index (χ0) is 16.2. The van der Waals surface area contributed by atoms with Crippen LogP contribution in [0.25, 0.3) is 10.8 Å². The Bertz CT molecular complexity index is 843. The van der Waals surface area contributed by atoms with Crippen LogP contribution in [0.15, 0.2) is 70.9 Å². The fourth-order valence-electron chi connectivity index (χ4n) is 2.35. The Labute approximate surface area is 135 Å². The molecule has 0 atom stereocenters. The zero-order valence-electron chi connectivity index (χ0n) is 13.1. The molecule has 23 heavy (non-hydrogen) atoms. The molecule has 0 fully saturated rings. The molecule has 0 heterocycles. The van der Waals surface area contributed by atoms with Gasteiger partial charge < -0.3 is 9.84 Å². The summed E-state index contributed by atoms with van der Waals surface area (Å²) in [5.74, 6) is 0.798. The summed E-state index contributed by atoms with van der Waals surface area (Å²) in [7, 11) is 0. The average molecular weight is 306 g/mol. The van der Waals surface area contributed by atoms with E-state index in [2.05, 4.69) is 10.2 Å². The van der Waals surface area contributed by atoms with Crippen molar-refractivity contribution in [3.8, 4) is 11.5 Å². The third-order valence-corrected chi connectivity index (χ3v) is 3.35. The third kappa shape index (κ3) is 3.31. The van der Waals surface area contributed by atoms with Crippen LogP contribution in [0.5, 0.6) is 11.5 Å². The molecule has 1 N–H and O–H groups in total. The normalized spacial score (nSPS) is 11.4. The number of benzene rings is 3. The van der Waals surface area contributed by atoms with Crippen molar-refractivity contribution in [1.29, 1.82) is 0 Å². The molecule has 0 radical (unpaired) electrons. The molecule has 0 aliphatic heterocycles. The molecule has 0 amide bonds. The van der Waals surface area contributed by atoms with Gasteiger partial charge in [-0.25, -0.2) is 0 Å². The van der Waals surface area contributed by atoms with Gasteiger partial charge in [0.15, 0.2) is 5.75 Å². The number of azo groups is 1. The number of nitrogens with zero attached hydrogens (tertiary/aromatic N) is 2. The van der Waals surface area contributed by atoms with E-state index in [4.69, 9.17) is 4.74 Å². The molecule has 0 aromatic heterocycles. The van der Waals surface area contributed by atoms with Gasteiger partial charge in [-0.2, -0.15) is 5.11 Å². The van der Waals surface area contributed by atoms with Crippen molar-refractivity contribution >= 4 is 22.1 Å². The van der Waals surface area contributed by atoms with E-state index < -0.39 is 0 Å². The predicted octanol–water partition coefficient (Wildman–Crippen LogP) is 5.75. The number of hydrogen-bond donors (Lipinski definition) is 1. The van der Waals surface area contributed by atoms with Crippen molar-refractivity contribution < 1.29 is 9.84 Å². The van der Waals surface area contributed by atoms with E-state index in [9.17, 15) is 5.11 Å². The molecule has 0 saturated carbocycles. The fraction of sp³-hybridized carbons (Fsp3) is 0.158. The predicted molar refractivity (Wildman–Crippen MR) is 92.0 cm³/mol. The number of phenols is 1. The molecule has 3 aromatic rings. The van der Waals surface area contributed by atoms with Crippen LogP contribution in [-0.2, 0) is 0 Å². The lowest BCUT2D eigenvalue weighted by atomic mass is 10.1. The van der Waals surface area contributed by atoms with Gasteiger partial charge in [0.25, 0.3) is 0 Å². The summed E-state index contributed by atoms with van der Waals surface area (Å²) in [6.45, 7) is 3.93. The molecule has 0 bridgehead atoms. The van der Waals surface area contributed by atoms with Crippen molar-refractivity contribution in [2.75, 3.05) is 0 Å². The van der Waals surface area contributed by atoms with Crippen molar-refractivity contribution in [2.24, 2.45) is 10.2 Å². The van der Waals surface area contributed by atoms with Crippen LogP contribution in [0.4, 0.5) is 11.4 Å². The van der Waals surface area contributed by atoms with E-state index in [0.717, 1.165) is 11.1 Å². The number of ether oxygens (including phenoxy) is 1. The second-order valence-corrected chi connectivity index (χ2v) is 5.49. The first-order chi connectivity index (χ1) is 11.1. The van der Waals surface area contributed by atoms with Gasteiger partial charge in [0.2, 0.25) is 0 Å². The summed E-state index contributed by atoms with van der Waals surface area (Å²) in [6, 6.07) is 18.7. The summed E-state index contributed by atoms with van der Waals surface area (Å²) in [6.07, 6.45) is 0.0295. The van der Waals surface area contributed by atoms with Crippen molar-refractivity contribution in [3.05, 3.63) is 60.7 Å². The van der Waals surface area contributed by atoms with E-state index in [0.29, 0.717) is 16.8 Å². The molecular formula is C19H18N2O2. The van der Waals surface area contributed by atoms with Gasteiger partial charge in [0.05, 0.1) is 11.8 Å². The van der Waals surface area contributed by atoms with Gasteiger partial charge >= 0.3 is 0 Å². The molecule has 3 aromatic carbocycles. The van der Waals surface area contributed by atoms with E-state index >= 15 is 0 Å². The summed E-state index contributed by atoms with van der Waals surface area (Å²) in [5, 5.41) is 20.4. The van der Waals surface area contributed by atoms with E-state index in [-0.39, 0.29) is 11.9 Å². The molecular weight excluding hydrogens is 288 g/mol. The lowest BCUT2D eigenvalue weighted by molar-refractivity contribution is 0.245. The Morgan fingerprint density at radius 3 is 2.22 bits per heavy atom. The minimum atomic E-state index is 0.0295. The number of rotatable bonds is 4. The van der Waals surface area contributed by atoms with Crippen LogP contribution in [0.2, 0.25) is 0 Å². The van der Waals surface area contributed by atoms with E-state index in [1.807, 2.05) is 68.4 Å². The first kappa shape index (κ1) is 15.0. The molecule has 4 heteroatoms. The fourth-order valence-corrected chi connectivity index (χ4v) is 2.35. The van der Waals surface area contributed by atoms with Crippen LogP contribution in [0.1, 0.15) is 13.8 Å². The van der Waals surface area contributed by atoms with Crippen LogP contribution >= 0.6 is 0 Å². The van der Waals surface area contributed by atoms with Crippen LogP contribution in [-0.4, -0.2) is 11.2 Å². The maximum Gasteiger partial charge on any atom is 0.151 e. The highest BCUT2D eigenvalue weighted by molar-refractivity contribution is 5.97. The summed E-state index contributed by atoms with van der Waals surface area (Å²) in [4.78, 5) is 0. The van der Waals surface area contributed by atoms with E-state index in [1.165, 1.54) is 0 Å². The quantitative estimate of drug-likeness (QED) is 0.624. The molecule has 4 nitrogen and oxygen atoms in total. The minimum Gasteiger partial charge on any atom is -0.505 e. The molecule has 0 aliphatic rings. The van der Waals surface area contributed by atoms with Crippen LogP contribution in [0.3, 0.4) is 0 Å². The maximum atomic E-state index is 10.5. The van der Waals surface area contributed by atoms with Crippen molar-refractivity contribution in [2.45, 2.75) is 20.0 Å². The zero-order valence-corrected chi connectivity index (χ0v) is 13.1. The first-order valence-corrected chi connectivity index (χ1v) is 7.53. The highest BCUT2D eigenvalue weighted by Gasteiger charge is 2.13. The lowest BCUT2D eigenvalue weighted by Crippen LogP contribution is -2.05. The molecule has 3 rings (SSSR count). The molecule has 0 aliphatic carbocycles. The summed E-state index contributed by atoms with van der Waals surface area (Å²) < 4.78 is 5.86. The van der Waals surface area contributed by atoms with Gasteiger partial charge in [0.1, 0.15) is 11.4 Å². The number of aromatic hydroxyl groups is 1. The lowest BCUT2D eigenvalue weighted by Gasteiger charge is -2.14. The SMILES string of the molecule is CC(C)Oc1cc(N=Nc2ccccc2)c(O)c2ccccc12. The standard InChI is InChI=1S/C19H18N2O2/c1-13(2)23-18-12-17(21-20-14-8-4-3-5-9-14)19(22)16-11-7-6-10-15(16)18/h3-13,22H,1-2H3. The summed E-state index contributed by atoms with van der Waals surface area (Å²) >= 11 is 0. The Balaban J connectivity index is 2.09. The Hall–Kier alpha value is -2.88. The number of hydrogen-bond acceptors (Lipinski definition) is 4. The second kappa shape index (κ2) is 6.48. The monoisotopic (exact) mass is 306 g/mol. The Morgan fingerprint density at radius 1 is 0.870 bits per heavy atom. The van der Waals surface area contributed by atoms with Crippen LogP contribution < -0.4 is 4.74 Å². The maximum absolute atomic E-state index is 10.5. The summed E-state index contributed by atoms with van der Waals surface area (Å²) in [5.41, 5.74) is 1.12. The van der Waals surface area contributed by atoms with Crippen molar-refractivity contribution in [1.82, 2.24) is 0 Å². The number of fused-ring (bicyclic) bond motifs is 1. The van der Waals surface area contributed by atoms with Crippen LogP contribution in [0, 0.1) is 0 Å². The second-order valence-electron chi connectivity index (χ2n) is 5.49. The van der Waals surface area contributed by atoms with Gasteiger partial charge in [0, 0.05) is 16.8 Å². The van der Waals surface area contributed by atoms with E-state index in [1.54, 1.807) is 6.07 Å². The van der Waals surface area contributed by atoms with Gasteiger partial charge in [-0.1, -0.05) is 42.5 Å². The smallest absolute Gasteiger partial charge is 0.151 e. The highest BCUT2D eigenvalue weighted by atomic mass is 16.5. The topological polar surface area (TPSA) is 54.2 Å². The first-order valence-electron chi connectivity index (χ1n) is 7.53. The molecule has 116 valence electrons. The third-order valence-electron chi connectivity index (χ3n) is 3.35. The highest BCUT2D eigenvalue weighted by Crippen LogP contribution is 2.41. The average Bonchev–Trinajstić information content (AvgIpc) is 2.57. The van der Waals surface area contributed by atoms with Crippen molar-refractivity contribution in [3.63, 3.8) is 0 Å². The Morgan fingerprint density at radius 2 is 1.52 bits per heavy atom. The van der Waals surface area contributed by atoms with Gasteiger partial charge in [-0.3, -0.25) is 0 Å². The molecule has 0 spiro atoms. The van der Waals surface area contributed by atoms with Gasteiger partial charge in [-0.05, 0) is 26.0 Å².